The Labute approximate surface area is 188 Å². The van der Waals surface area contributed by atoms with Crippen LogP contribution in [0.4, 0.5) is 0 Å². The van der Waals surface area contributed by atoms with E-state index in [0.29, 0.717) is 0 Å². The van der Waals surface area contributed by atoms with Crippen LogP contribution < -0.4 is 4.74 Å². The molecule has 1 aromatic heterocycles. The van der Waals surface area contributed by atoms with Crippen LogP contribution in [-0.4, -0.2) is 18.3 Å². The molecule has 0 bridgehead atoms. The van der Waals surface area contributed by atoms with Gasteiger partial charge in [0.25, 0.3) is 0 Å². The van der Waals surface area contributed by atoms with E-state index in [0.717, 1.165) is 17.0 Å². The highest BCUT2D eigenvalue weighted by atomic mass is 32.2. The zero-order chi connectivity index (χ0) is 21.6. The number of thioether (sulfide) groups is 1. The molecule has 1 heterocycles. The Kier molecular flexibility index (Phi) is 4.86. The van der Waals surface area contributed by atoms with E-state index in [1.807, 2.05) is 12.3 Å². The summed E-state index contributed by atoms with van der Waals surface area (Å²) in [6.45, 7) is 4.65. The molecule has 0 saturated heterocycles. The van der Waals surface area contributed by atoms with Gasteiger partial charge < -0.3 is 4.74 Å². The first-order chi connectivity index (χ1) is 15.0. The molecular weight excluding hydrogens is 398 g/mol. The molecule has 0 spiro atoms. The second-order valence-corrected chi connectivity index (χ2v) is 9.27. The molecule has 4 aromatic rings. The summed E-state index contributed by atoms with van der Waals surface area (Å²) in [6.07, 6.45) is 3.94. The molecule has 31 heavy (non-hydrogen) atoms. The summed E-state index contributed by atoms with van der Waals surface area (Å²) in [5, 5.41) is 0. The van der Waals surface area contributed by atoms with Crippen LogP contribution in [0.1, 0.15) is 25.0 Å². The van der Waals surface area contributed by atoms with Crippen molar-refractivity contribution >= 4 is 11.8 Å². The molecule has 0 aliphatic heterocycles. The third-order valence-corrected chi connectivity index (χ3v) is 7.06. The van der Waals surface area contributed by atoms with Gasteiger partial charge in [-0.15, -0.1) is 11.8 Å². The summed E-state index contributed by atoms with van der Waals surface area (Å²) < 4.78 is 5.82. The van der Waals surface area contributed by atoms with Gasteiger partial charge in [-0.2, -0.15) is 0 Å². The Morgan fingerprint density at radius 2 is 1.58 bits per heavy atom. The average molecular weight is 424 g/mol. The Morgan fingerprint density at radius 3 is 2.39 bits per heavy atom. The lowest BCUT2D eigenvalue weighted by molar-refractivity contribution is 0.416. The maximum absolute atomic E-state index is 5.82. The maximum Gasteiger partial charge on any atom is 0.128 e. The van der Waals surface area contributed by atoms with Crippen LogP contribution in [-0.2, 0) is 5.41 Å². The Balaban J connectivity index is 1.67. The number of pyridine rings is 1. The number of hydrogen-bond donors (Lipinski definition) is 0. The Hall–Kier alpha value is -3.04. The van der Waals surface area contributed by atoms with E-state index in [1.165, 1.54) is 38.3 Å². The van der Waals surface area contributed by atoms with Gasteiger partial charge in [0, 0.05) is 22.1 Å². The molecule has 154 valence electrons. The molecule has 5 rings (SSSR count). The quantitative estimate of drug-likeness (QED) is 0.318. The number of benzene rings is 3. The zero-order valence-corrected chi connectivity index (χ0v) is 19.1. The average Bonchev–Trinajstić information content (AvgIpc) is 3.06. The van der Waals surface area contributed by atoms with Gasteiger partial charge in [-0.05, 0) is 63.9 Å². The van der Waals surface area contributed by atoms with Gasteiger partial charge in [-0.1, -0.05) is 62.4 Å². The highest BCUT2D eigenvalue weighted by molar-refractivity contribution is 7.98. The van der Waals surface area contributed by atoms with Crippen molar-refractivity contribution in [2.75, 3.05) is 13.4 Å². The maximum atomic E-state index is 5.82. The van der Waals surface area contributed by atoms with Gasteiger partial charge in [0.15, 0.2) is 0 Å². The van der Waals surface area contributed by atoms with E-state index in [9.17, 15) is 0 Å². The Morgan fingerprint density at radius 1 is 0.806 bits per heavy atom. The molecule has 0 radical (unpaired) electrons. The van der Waals surface area contributed by atoms with E-state index < -0.39 is 0 Å². The SMILES string of the molecule is COc1cc(-c2cccc3c2C(C)(C)c2ccccc2-3)ccc1-c1cc(SC)ccn1. The lowest BCUT2D eigenvalue weighted by Gasteiger charge is -2.24. The molecule has 3 heteroatoms. The van der Waals surface area contributed by atoms with Crippen molar-refractivity contribution in [1.82, 2.24) is 4.98 Å². The van der Waals surface area contributed by atoms with Crippen LogP contribution in [0.3, 0.4) is 0 Å². The van der Waals surface area contributed by atoms with Crippen LogP contribution in [0.25, 0.3) is 33.5 Å². The van der Waals surface area contributed by atoms with Crippen molar-refractivity contribution in [1.29, 1.82) is 0 Å². The van der Waals surface area contributed by atoms with E-state index in [-0.39, 0.29) is 5.41 Å². The molecule has 0 atom stereocenters. The van der Waals surface area contributed by atoms with Crippen LogP contribution in [0.5, 0.6) is 5.75 Å². The minimum Gasteiger partial charge on any atom is -0.496 e. The second-order valence-electron chi connectivity index (χ2n) is 8.39. The van der Waals surface area contributed by atoms with Gasteiger partial charge in [0.05, 0.1) is 12.8 Å². The number of nitrogens with zero attached hydrogens (tertiary/aromatic N) is 1. The molecule has 3 aromatic carbocycles. The molecule has 1 aliphatic carbocycles. The van der Waals surface area contributed by atoms with Crippen molar-refractivity contribution in [3.63, 3.8) is 0 Å². The summed E-state index contributed by atoms with van der Waals surface area (Å²) in [7, 11) is 1.73. The van der Waals surface area contributed by atoms with Crippen LogP contribution in [0.2, 0.25) is 0 Å². The summed E-state index contributed by atoms with van der Waals surface area (Å²) >= 11 is 1.72. The van der Waals surface area contributed by atoms with E-state index in [2.05, 4.69) is 91.8 Å². The first kappa shape index (κ1) is 19.9. The monoisotopic (exact) mass is 423 g/mol. The van der Waals surface area contributed by atoms with Crippen LogP contribution in [0, 0.1) is 0 Å². The number of rotatable bonds is 4. The first-order valence-corrected chi connectivity index (χ1v) is 11.7. The molecule has 0 N–H and O–H groups in total. The fourth-order valence-electron chi connectivity index (χ4n) is 4.84. The minimum absolute atomic E-state index is 0.0529. The molecule has 0 fully saturated rings. The largest absolute Gasteiger partial charge is 0.496 e. The normalized spacial score (nSPS) is 13.5. The van der Waals surface area contributed by atoms with E-state index >= 15 is 0 Å². The van der Waals surface area contributed by atoms with Gasteiger partial charge in [-0.3, -0.25) is 4.98 Å². The molecule has 0 unspecified atom stereocenters. The lowest BCUT2D eigenvalue weighted by Crippen LogP contribution is -2.16. The fraction of sp³-hybridized carbons (Fsp3) is 0.179. The minimum atomic E-state index is -0.0529. The molecule has 0 saturated carbocycles. The predicted octanol–water partition coefficient (Wildman–Crippen LogP) is 7.45. The van der Waals surface area contributed by atoms with Crippen molar-refractivity contribution in [2.45, 2.75) is 24.2 Å². The van der Waals surface area contributed by atoms with E-state index in [4.69, 9.17) is 4.74 Å². The third kappa shape index (κ3) is 3.16. The molecule has 2 nitrogen and oxygen atoms in total. The zero-order valence-electron chi connectivity index (χ0n) is 18.3. The number of fused-ring (bicyclic) bond motifs is 3. The number of hydrogen-bond acceptors (Lipinski definition) is 3. The van der Waals surface area contributed by atoms with Crippen LogP contribution >= 0.6 is 11.8 Å². The highest BCUT2D eigenvalue weighted by Crippen LogP contribution is 2.52. The number of ether oxygens (including phenoxy) is 1. The number of aromatic nitrogens is 1. The topological polar surface area (TPSA) is 22.1 Å². The van der Waals surface area contributed by atoms with Crippen molar-refractivity contribution in [3.8, 4) is 39.3 Å². The van der Waals surface area contributed by atoms with Gasteiger partial charge in [0.1, 0.15) is 5.75 Å². The number of methoxy groups -OCH3 is 1. The van der Waals surface area contributed by atoms with Crippen LogP contribution in [0.15, 0.2) is 83.9 Å². The van der Waals surface area contributed by atoms with Gasteiger partial charge >= 0.3 is 0 Å². The summed E-state index contributed by atoms with van der Waals surface area (Å²) in [5.41, 5.74) is 9.75. The molecular formula is C28H25NOS. The Bertz CT molecular complexity index is 1290. The summed E-state index contributed by atoms with van der Waals surface area (Å²) in [5.74, 6) is 0.842. The van der Waals surface area contributed by atoms with E-state index in [1.54, 1.807) is 18.9 Å². The molecule has 0 amide bonds. The second kappa shape index (κ2) is 7.58. The predicted molar refractivity (Wildman–Crippen MR) is 131 cm³/mol. The van der Waals surface area contributed by atoms with Crippen molar-refractivity contribution in [2.24, 2.45) is 0 Å². The smallest absolute Gasteiger partial charge is 0.128 e. The lowest BCUT2D eigenvalue weighted by atomic mass is 9.79. The van der Waals surface area contributed by atoms with Gasteiger partial charge in [0.2, 0.25) is 0 Å². The summed E-state index contributed by atoms with van der Waals surface area (Å²) in [4.78, 5) is 5.77. The van der Waals surface area contributed by atoms with Crippen molar-refractivity contribution < 1.29 is 4.74 Å². The highest BCUT2D eigenvalue weighted by Gasteiger charge is 2.37. The third-order valence-electron chi connectivity index (χ3n) is 6.34. The first-order valence-electron chi connectivity index (χ1n) is 10.5. The van der Waals surface area contributed by atoms with Gasteiger partial charge in [-0.25, -0.2) is 0 Å². The fourth-order valence-corrected chi connectivity index (χ4v) is 5.27. The summed E-state index contributed by atoms with van der Waals surface area (Å²) in [6, 6.07) is 26.0. The standard InChI is InChI=1S/C28H25NOS/c1-28(2)24-11-6-5-8-21(24)22-10-7-9-20(27(22)28)18-12-13-23(26(16-18)30-3)25-17-19(31-4)14-15-29-25/h5-17H,1-4H3. The molecule has 1 aliphatic rings. The van der Waals surface area contributed by atoms with Crippen molar-refractivity contribution in [3.05, 3.63) is 90.1 Å².